The number of benzene rings is 1. The maximum absolute atomic E-state index is 12.3. The first-order valence-electron chi connectivity index (χ1n) is 6.55. The van der Waals surface area contributed by atoms with Crippen molar-refractivity contribution in [1.82, 2.24) is 5.32 Å². The van der Waals surface area contributed by atoms with Crippen LogP contribution in [0.15, 0.2) is 41.8 Å². The fourth-order valence-corrected chi connectivity index (χ4v) is 2.68. The number of nitriles is 1. The number of carbonyl (C=O) groups excluding carboxylic acids is 2. The second-order valence-electron chi connectivity index (χ2n) is 4.51. The predicted molar refractivity (Wildman–Crippen MR) is 82.3 cm³/mol. The van der Waals surface area contributed by atoms with Crippen LogP contribution in [0.4, 0.5) is 0 Å². The molecule has 1 amide bonds. The minimum Gasteiger partial charge on any atom is -0.469 e. The van der Waals surface area contributed by atoms with Crippen LogP contribution >= 0.6 is 11.3 Å². The van der Waals surface area contributed by atoms with Crippen molar-refractivity contribution in [2.24, 2.45) is 0 Å². The molecule has 1 heterocycles. The van der Waals surface area contributed by atoms with Crippen molar-refractivity contribution in [1.29, 1.82) is 5.26 Å². The van der Waals surface area contributed by atoms with Gasteiger partial charge in [0, 0.05) is 10.4 Å². The summed E-state index contributed by atoms with van der Waals surface area (Å²) in [6, 6.07) is 11.6. The zero-order valence-electron chi connectivity index (χ0n) is 11.9. The molecule has 0 bridgehead atoms. The minimum atomic E-state index is -0.435. The van der Waals surface area contributed by atoms with Gasteiger partial charge in [-0.15, -0.1) is 11.3 Å². The van der Waals surface area contributed by atoms with Crippen LogP contribution in [0.5, 0.6) is 0 Å². The van der Waals surface area contributed by atoms with E-state index in [0.717, 1.165) is 4.88 Å². The molecule has 0 saturated heterocycles. The van der Waals surface area contributed by atoms with Gasteiger partial charge in [0.2, 0.25) is 0 Å². The van der Waals surface area contributed by atoms with Crippen LogP contribution in [0.1, 0.15) is 33.3 Å². The largest absolute Gasteiger partial charge is 0.469 e. The van der Waals surface area contributed by atoms with E-state index in [2.05, 4.69) is 10.1 Å². The standard InChI is InChI=1S/C16H14N2O3S/c1-21-15(19)9-13(14-3-2-8-22-14)18-16(20)12-6-4-11(10-17)5-7-12/h2-8,13H,9H2,1H3,(H,18,20). The van der Waals surface area contributed by atoms with E-state index < -0.39 is 12.0 Å². The smallest absolute Gasteiger partial charge is 0.307 e. The minimum absolute atomic E-state index is 0.0685. The van der Waals surface area contributed by atoms with Crippen molar-refractivity contribution >= 4 is 23.2 Å². The quantitative estimate of drug-likeness (QED) is 0.861. The summed E-state index contributed by atoms with van der Waals surface area (Å²) in [5.74, 6) is -0.690. The average molecular weight is 314 g/mol. The van der Waals surface area contributed by atoms with E-state index in [1.165, 1.54) is 18.4 Å². The number of thiophene rings is 1. The van der Waals surface area contributed by atoms with Gasteiger partial charge >= 0.3 is 5.97 Å². The van der Waals surface area contributed by atoms with Gasteiger partial charge in [-0.05, 0) is 35.7 Å². The van der Waals surface area contributed by atoms with E-state index >= 15 is 0 Å². The van der Waals surface area contributed by atoms with Crippen molar-refractivity contribution in [3.05, 3.63) is 57.8 Å². The summed E-state index contributed by atoms with van der Waals surface area (Å²) >= 11 is 1.46. The Kier molecular flexibility index (Phi) is 5.28. The molecule has 0 fully saturated rings. The number of hydrogen-bond acceptors (Lipinski definition) is 5. The maximum Gasteiger partial charge on any atom is 0.307 e. The Morgan fingerprint density at radius 2 is 2.05 bits per heavy atom. The molecular formula is C16H14N2O3S. The highest BCUT2D eigenvalue weighted by atomic mass is 32.1. The van der Waals surface area contributed by atoms with Gasteiger partial charge in [0.05, 0.1) is 31.2 Å². The summed E-state index contributed by atoms with van der Waals surface area (Å²) in [5.41, 5.74) is 0.923. The number of carbonyl (C=O) groups is 2. The Morgan fingerprint density at radius 1 is 1.32 bits per heavy atom. The third kappa shape index (κ3) is 3.93. The Labute approximate surface area is 132 Å². The molecule has 0 aliphatic carbocycles. The van der Waals surface area contributed by atoms with Crippen molar-refractivity contribution in [3.63, 3.8) is 0 Å². The van der Waals surface area contributed by atoms with Crippen LogP contribution in [0.25, 0.3) is 0 Å². The third-order valence-corrected chi connectivity index (χ3v) is 4.05. The van der Waals surface area contributed by atoms with E-state index in [0.29, 0.717) is 11.1 Å². The van der Waals surface area contributed by atoms with E-state index in [4.69, 9.17) is 5.26 Å². The number of methoxy groups -OCH3 is 1. The molecule has 0 radical (unpaired) electrons. The van der Waals surface area contributed by atoms with Gasteiger partial charge in [0.1, 0.15) is 0 Å². The molecular weight excluding hydrogens is 300 g/mol. The van der Waals surface area contributed by atoms with Gasteiger partial charge in [-0.3, -0.25) is 9.59 Å². The number of esters is 1. The molecule has 0 aliphatic rings. The predicted octanol–water partition coefficient (Wildman–Crippen LogP) is 2.65. The monoisotopic (exact) mass is 314 g/mol. The van der Waals surface area contributed by atoms with Crippen LogP contribution < -0.4 is 5.32 Å². The number of rotatable bonds is 5. The molecule has 1 atom stereocenters. The maximum atomic E-state index is 12.3. The van der Waals surface area contributed by atoms with Gasteiger partial charge in [0.25, 0.3) is 5.91 Å². The van der Waals surface area contributed by atoms with Gasteiger partial charge in [-0.2, -0.15) is 5.26 Å². The highest BCUT2D eigenvalue weighted by Crippen LogP contribution is 2.23. The Morgan fingerprint density at radius 3 is 2.59 bits per heavy atom. The van der Waals surface area contributed by atoms with Crippen LogP contribution in [0.2, 0.25) is 0 Å². The molecule has 0 aliphatic heterocycles. The first kappa shape index (κ1) is 15.7. The molecule has 0 saturated carbocycles. The summed E-state index contributed by atoms with van der Waals surface area (Å²) < 4.78 is 4.67. The fourth-order valence-electron chi connectivity index (χ4n) is 1.90. The highest BCUT2D eigenvalue weighted by Gasteiger charge is 2.20. The lowest BCUT2D eigenvalue weighted by Crippen LogP contribution is -2.30. The number of hydrogen-bond donors (Lipinski definition) is 1. The summed E-state index contributed by atoms with van der Waals surface area (Å²) in [4.78, 5) is 24.7. The van der Waals surface area contributed by atoms with Crippen LogP contribution in [0.3, 0.4) is 0 Å². The third-order valence-electron chi connectivity index (χ3n) is 3.07. The Bertz CT molecular complexity index is 687. The molecule has 1 N–H and O–H groups in total. The topological polar surface area (TPSA) is 79.2 Å². The highest BCUT2D eigenvalue weighted by molar-refractivity contribution is 7.10. The van der Waals surface area contributed by atoms with Crippen LogP contribution in [-0.4, -0.2) is 19.0 Å². The van der Waals surface area contributed by atoms with E-state index in [9.17, 15) is 9.59 Å². The molecule has 1 unspecified atom stereocenters. The van der Waals surface area contributed by atoms with Crippen molar-refractivity contribution in [2.45, 2.75) is 12.5 Å². The number of nitrogens with zero attached hydrogens (tertiary/aromatic N) is 1. The van der Waals surface area contributed by atoms with Crippen molar-refractivity contribution < 1.29 is 14.3 Å². The molecule has 2 aromatic rings. The summed E-state index contributed by atoms with van der Waals surface area (Å²) in [5, 5.41) is 13.5. The SMILES string of the molecule is COC(=O)CC(NC(=O)c1ccc(C#N)cc1)c1cccs1. The van der Waals surface area contributed by atoms with Crippen molar-refractivity contribution in [2.75, 3.05) is 7.11 Å². The first-order chi connectivity index (χ1) is 10.6. The Hall–Kier alpha value is -2.65. The number of ether oxygens (including phenoxy) is 1. The summed E-state index contributed by atoms with van der Waals surface area (Å²) in [7, 11) is 1.32. The van der Waals surface area contributed by atoms with Crippen LogP contribution in [-0.2, 0) is 9.53 Å². The lowest BCUT2D eigenvalue weighted by Gasteiger charge is -2.16. The molecule has 5 nitrogen and oxygen atoms in total. The van der Waals surface area contributed by atoms with Crippen molar-refractivity contribution in [3.8, 4) is 6.07 Å². The first-order valence-corrected chi connectivity index (χ1v) is 7.43. The van der Waals surface area contributed by atoms with Gasteiger partial charge in [-0.25, -0.2) is 0 Å². The Balaban J connectivity index is 2.13. The molecule has 2 rings (SSSR count). The average Bonchev–Trinajstić information content (AvgIpc) is 3.08. The summed E-state index contributed by atoms with van der Waals surface area (Å²) in [6.07, 6.45) is 0.0685. The molecule has 0 spiro atoms. The molecule has 1 aromatic heterocycles. The van der Waals surface area contributed by atoms with Gasteiger partial charge in [0.15, 0.2) is 0 Å². The molecule has 112 valence electrons. The molecule has 22 heavy (non-hydrogen) atoms. The lowest BCUT2D eigenvalue weighted by atomic mass is 10.1. The second-order valence-corrected chi connectivity index (χ2v) is 5.49. The van der Waals surface area contributed by atoms with Gasteiger partial charge in [-0.1, -0.05) is 6.07 Å². The lowest BCUT2D eigenvalue weighted by molar-refractivity contribution is -0.141. The number of nitrogens with one attached hydrogen (secondary N) is 1. The summed E-state index contributed by atoms with van der Waals surface area (Å²) in [6.45, 7) is 0. The normalized spacial score (nSPS) is 11.3. The van der Waals surface area contributed by atoms with Gasteiger partial charge < -0.3 is 10.1 Å². The molecule has 1 aromatic carbocycles. The van der Waals surface area contributed by atoms with E-state index in [1.807, 2.05) is 23.6 Å². The molecule has 6 heteroatoms. The fraction of sp³-hybridized carbons (Fsp3) is 0.188. The number of amides is 1. The second kappa shape index (κ2) is 7.38. The zero-order chi connectivity index (χ0) is 15.9. The van der Waals surface area contributed by atoms with Crippen LogP contribution in [0, 0.1) is 11.3 Å². The van der Waals surface area contributed by atoms with E-state index in [1.54, 1.807) is 24.3 Å². The van der Waals surface area contributed by atoms with E-state index in [-0.39, 0.29) is 12.3 Å². The zero-order valence-corrected chi connectivity index (χ0v) is 12.7.